The molecular weight excluding hydrogens is 246 g/mol. The normalized spacial score (nSPS) is 12.1. The third kappa shape index (κ3) is 2.72. The van der Waals surface area contributed by atoms with Gasteiger partial charge in [-0.25, -0.2) is 4.98 Å². The zero-order valence-electron chi connectivity index (χ0n) is 11.4. The average molecular weight is 263 g/mol. The topological polar surface area (TPSA) is 29.9 Å². The Kier molecular flexibility index (Phi) is 3.50. The number of hydrogen-bond donors (Lipinski definition) is 1. The summed E-state index contributed by atoms with van der Waals surface area (Å²) >= 11 is 0. The van der Waals surface area contributed by atoms with Gasteiger partial charge in [-0.2, -0.15) is 0 Å². The van der Waals surface area contributed by atoms with Crippen molar-refractivity contribution >= 4 is 5.69 Å². The van der Waals surface area contributed by atoms with Crippen LogP contribution in [0.2, 0.25) is 0 Å². The third-order valence-electron chi connectivity index (χ3n) is 3.33. The van der Waals surface area contributed by atoms with Crippen LogP contribution in [0.15, 0.2) is 73.3 Å². The van der Waals surface area contributed by atoms with Crippen LogP contribution in [-0.4, -0.2) is 9.55 Å². The Morgan fingerprint density at radius 1 is 1.05 bits per heavy atom. The molecule has 0 saturated heterocycles. The molecule has 0 aliphatic heterocycles. The molecule has 3 rings (SSSR count). The van der Waals surface area contributed by atoms with Crippen LogP contribution in [0.3, 0.4) is 0 Å². The fourth-order valence-corrected chi connectivity index (χ4v) is 2.24. The van der Waals surface area contributed by atoms with Gasteiger partial charge in [-0.3, -0.25) is 0 Å². The summed E-state index contributed by atoms with van der Waals surface area (Å²) in [4.78, 5) is 4.08. The van der Waals surface area contributed by atoms with Crippen molar-refractivity contribution in [3.63, 3.8) is 0 Å². The molecule has 0 aliphatic rings. The summed E-state index contributed by atoms with van der Waals surface area (Å²) in [5.41, 5.74) is 3.49. The van der Waals surface area contributed by atoms with Crippen molar-refractivity contribution in [2.24, 2.45) is 0 Å². The number of benzene rings is 2. The molecule has 3 aromatic rings. The molecular formula is C17H17N3. The zero-order valence-corrected chi connectivity index (χ0v) is 11.4. The molecule has 0 amide bonds. The van der Waals surface area contributed by atoms with Crippen LogP contribution >= 0.6 is 0 Å². The van der Waals surface area contributed by atoms with Gasteiger partial charge in [-0.05, 0) is 30.7 Å². The number of aromatic nitrogens is 2. The van der Waals surface area contributed by atoms with E-state index in [4.69, 9.17) is 0 Å². The Hall–Kier alpha value is -2.55. The van der Waals surface area contributed by atoms with E-state index in [-0.39, 0.29) is 6.04 Å². The van der Waals surface area contributed by atoms with Gasteiger partial charge in [0.25, 0.3) is 0 Å². The molecule has 0 aliphatic carbocycles. The standard InChI is InChI=1S/C17H17N3/c1-14(15-6-3-2-4-7-15)19-16-8-5-9-17(12-16)20-11-10-18-13-20/h2-14,19H,1H3. The molecule has 0 bridgehead atoms. The summed E-state index contributed by atoms with van der Waals surface area (Å²) in [6, 6.07) is 19.0. The van der Waals surface area contributed by atoms with E-state index in [9.17, 15) is 0 Å². The number of anilines is 1. The summed E-state index contributed by atoms with van der Waals surface area (Å²) < 4.78 is 2.00. The molecule has 1 atom stereocenters. The largest absolute Gasteiger partial charge is 0.378 e. The summed E-state index contributed by atoms with van der Waals surface area (Å²) in [5.74, 6) is 0. The molecule has 2 aromatic carbocycles. The lowest BCUT2D eigenvalue weighted by molar-refractivity contribution is 0.884. The van der Waals surface area contributed by atoms with Gasteiger partial charge >= 0.3 is 0 Å². The van der Waals surface area contributed by atoms with Crippen LogP contribution in [0.1, 0.15) is 18.5 Å². The first-order chi connectivity index (χ1) is 9.83. The fraction of sp³-hybridized carbons (Fsp3) is 0.118. The Morgan fingerprint density at radius 3 is 2.65 bits per heavy atom. The lowest BCUT2D eigenvalue weighted by atomic mass is 10.1. The molecule has 1 unspecified atom stereocenters. The maximum absolute atomic E-state index is 4.08. The molecule has 0 saturated carbocycles. The molecule has 100 valence electrons. The quantitative estimate of drug-likeness (QED) is 0.769. The van der Waals surface area contributed by atoms with Crippen molar-refractivity contribution < 1.29 is 0 Å². The van der Waals surface area contributed by atoms with Crippen molar-refractivity contribution in [1.82, 2.24) is 9.55 Å². The van der Waals surface area contributed by atoms with Gasteiger partial charge in [0.1, 0.15) is 0 Å². The average Bonchev–Trinajstić information content (AvgIpc) is 3.03. The van der Waals surface area contributed by atoms with E-state index >= 15 is 0 Å². The molecule has 0 spiro atoms. The van der Waals surface area contributed by atoms with Gasteiger partial charge in [0.2, 0.25) is 0 Å². The number of imidazole rings is 1. The highest BCUT2D eigenvalue weighted by molar-refractivity contribution is 5.52. The van der Waals surface area contributed by atoms with E-state index in [1.54, 1.807) is 12.5 Å². The summed E-state index contributed by atoms with van der Waals surface area (Å²) in [6.07, 6.45) is 5.53. The van der Waals surface area contributed by atoms with E-state index in [1.807, 2.05) is 16.8 Å². The van der Waals surface area contributed by atoms with Crippen molar-refractivity contribution in [3.8, 4) is 5.69 Å². The van der Waals surface area contributed by atoms with E-state index < -0.39 is 0 Å². The van der Waals surface area contributed by atoms with Gasteiger partial charge in [0.05, 0.1) is 6.33 Å². The molecule has 3 heteroatoms. The summed E-state index contributed by atoms with van der Waals surface area (Å²) in [6.45, 7) is 2.17. The van der Waals surface area contributed by atoms with Crippen LogP contribution in [0.5, 0.6) is 0 Å². The van der Waals surface area contributed by atoms with Gasteiger partial charge < -0.3 is 9.88 Å². The molecule has 1 aromatic heterocycles. The molecule has 3 nitrogen and oxygen atoms in total. The minimum atomic E-state index is 0.272. The van der Waals surface area contributed by atoms with E-state index in [0.29, 0.717) is 0 Å². The van der Waals surface area contributed by atoms with Crippen LogP contribution in [0.25, 0.3) is 5.69 Å². The first-order valence-corrected chi connectivity index (χ1v) is 6.73. The maximum atomic E-state index is 4.08. The summed E-state index contributed by atoms with van der Waals surface area (Å²) in [5, 5.41) is 3.53. The van der Waals surface area contributed by atoms with Crippen LogP contribution in [-0.2, 0) is 0 Å². The minimum Gasteiger partial charge on any atom is -0.378 e. The van der Waals surface area contributed by atoms with Crippen molar-refractivity contribution in [1.29, 1.82) is 0 Å². The Morgan fingerprint density at radius 2 is 1.90 bits per heavy atom. The van der Waals surface area contributed by atoms with Gasteiger partial charge in [-0.15, -0.1) is 0 Å². The van der Waals surface area contributed by atoms with Gasteiger partial charge in [0.15, 0.2) is 0 Å². The summed E-state index contributed by atoms with van der Waals surface area (Å²) in [7, 11) is 0. The van der Waals surface area contributed by atoms with Crippen LogP contribution < -0.4 is 5.32 Å². The number of rotatable bonds is 4. The van der Waals surface area contributed by atoms with Crippen molar-refractivity contribution in [2.75, 3.05) is 5.32 Å². The van der Waals surface area contributed by atoms with E-state index in [1.165, 1.54) is 5.56 Å². The Labute approximate surface area is 118 Å². The zero-order chi connectivity index (χ0) is 13.8. The van der Waals surface area contributed by atoms with Gasteiger partial charge in [0, 0.05) is 29.8 Å². The maximum Gasteiger partial charge on any atom is 0.0991 e. The number of hydrogen-bond acceptors (Lipinski definition) is 2. The molecule has 20 heavy (non-hydrogen) atoms. The first-order valence-electron chi connectivity index (χ1n) is 6.73. The van der Waals surface area contributed by atoms with Crippen LogP contribution in [0, 0.1) is 0 Å². The lowest BCUT2D eigenvalue weighted by Gasteiger charge is -2.16. The molecule has 0 fully saturated rings. The van der Waals surface area contributed by atoms with Crippen molar-refractivity contribution in [2.45, 2.75) is 13.0 Å². The van der Waals surface area contributed by atoms with E-state index in [0.717, 1.165) is 11.4 Å². The highest BCUT2D eigenvalue weighted by atomic mass is 15.0. The third-order valence-corrected chi connectivity index (χ3v) is 3.33. The second kappa shape index (κ2) is 5.61. The Bertz CT molecular complexity index is 660. The highest BCUT2D eigenvalue weighted by Gasteiger charge is 2.05. The smallest absolute Gasteiger partial charge is 0.0991 e. The van der Waals surface area contributed by atoms with Gasteiger partial charge in [-0.1, -0.05) is 36.4 Å². The predicted octanol–water partition coefficient (Wildman–Crippen LogP) is 4.05. The molecule has 0 radical (unpaired) electrons. The first kappa shape index (κ1) is 12.5. The SMILES string of the molecule is CC(Nc1cccc(-n2ccnc2)c1)c1ccccc1. The molecule has 1 N–H and O–H groups in total. The lowest BCUT2D eigenvalue weighted by Crippen LogP contribution is -2.06. The predicted molar refractivity (Wildman–Crippen MR) is 82.0 cm³/mol. The fourth-order valence-electron chi connectivity index (χ4n) is 2.24. The van der Waals surface area contributed by atoms with Crippen LogP contribution in [0.4, 0.5) is 5.69 Å². The monoisotopic (exact) mass is 263 g/mol. The van der Waals surface area contributed by atoms with E-state index in [2.05, 4.69) is 65.8 Å². The highest BCUT2D eigenvalue weighted by Crippen LogP contribution is 2.21. The van der Waals surface area contributed by atoms with Crippen molar-refractivity contribution in [3.05, 3.63) is 78.9 Å². The second-order valence-corrected chi connectivity index (χ2v) is 4.80. The number of nitrogens with one attached hydrogen (secondary N) is 1. The Balaban J connectivity index is 1.80. The molecule has 1 heterocycles. The minimum absolute atomic E-state index is 0.272. The second-order valence-electron chi connectivity index (χ2n) is 4.80. The number of nitrogens with zero attached hydrogens (tertiary/aromatic N) is 2.